The molecule has 0 radical (unpaired) electrons. The molecule has 0 aliphatic carbocycles. The van der Waals surface area contributed by atoms with Crippen LogP contribution in [0.25, 0.3) is 10.9 Å². The zero-order chi connectivity index (χ0) is 17.2. The summed E-state index contributed by atoms with van der Waals surface area (Å²) >= 11 is 3.37. The maximum atomic E-state index is 14.5. The summed E-state index contributed by atoms with van der Waals surface area (Å²) in [5, 5.41) is 4.22. The minimum Gasteiger partial charge on any atom is -0.456 e. The first-order valence-electron chi connectivity index (χ1n) is 8.26. The molecule has 4 rings (SSSR count). The molecule has 2 aliphatic heterocycles. The molecule has 3 heterocycles. The predicted molar refractivity (Wildman–Crippen MR) is 93.7 cm³/mol. The van der Waals surface area contributed by atoms with Crippen molar-refractivity contribution >= 4 is 32.8 Å². The Morgan fingerprint density at radius 2 is 2.12 bits per heavy atom. The van der Waals surface area contributed by atoms with Gasteiger partial charge < -0.3 is 15.0 Å². The SMILES string of the molecule is CC(C)(C)OC(=O)c1c(Br)cc(F)c2[nH]c3c(c12)C1CCC(C3)N1. The Morgan fingerprint density at radius 3 is 2.83 bits per heavy atom. The van der Waals surface area contributed by atoms with Crippen molar-refractivity contribution in [1.29, 1.82) is 0 Å². The van der Waals surface area contributed by atoms with Gasteiger partial charge >= 0.3 is 5.97 Å². The second kappa shape index (κ2) is 5.30. The number of carbonyl (C=O) groups is 1. The zero-order valence-corrected chi connectivity index (χ0v) is 15.5. The summed E-state index contributed by atoms with van der Waals surface area (Å²) in [4.78, 5) is 16.0. The van der Waals surface area contributed by atoms with Gasteiger partial charge in [0.2, 0.25) is 0 Å². The molecule has 0 spiro atoms. The number of hydrogen-bond acceptors (Lipinski definition) is 3. The van der Waals surface area contributed by atoms with Crippen LogP contribution in [0.15, 0.2) is 10.5 Å². The summed E-state index contributed by atoms with van der Waals surface area (Å²) in [5.41, 5.74) is 2.27. The number of carbonyl (C=O) groups excluding carboxylic acids is 1. The average Bonchev–Trinajstić information content (AvgIpc) is 3.00. The second-order valence-corrected chi connectivity index (χ2v) is 8.54. The van der Waals surface area contributed by atoms with Crippen LogP contribution in [0.5, 0.6) is 0 Å². The number of fused-ring (bicyclic) bond motifs is 6. The fourth-order valence-electron chi connectivity index (χ4n) is 3.91. The number of hydrogen-bond donors (Lipinski definition) is 2. The van der Waals surface area contributed by atoms with Gasteiger partial charge in [-0.2, -0.15) is 0 Å². The van der Waals surface area contributed by atoms with E-state index in [0.29, 0.717) is 27.0 Å². The van der Waals surface area contributed by atoms with Gasteiger partial charge in [0.25, 0.3) is 0 Å². The molecule has 2 unspecified atom stereocenters. The van der Waals surface area contributed by atoms with E-state index < -0.39 is 11.6 Å². The number of aromatic nitrogens is 1. The number of nitrogens with one attached hydrogen (secondary N) is 2. The molecule has 2 aromatic rings. The van der Waals surface area contributed by atoms with Crippen LogP contribution in [0.2, 0.25) is 0 Å². The van der Waals surface area contributed by atoms with Crippen LogP contribution in [-0.4, -0.2) is 22.6 Å². The lowest BCUT2D eigenvalue weighted by Crippen LogP contribution is -2.31. The lowest BCUT2D eigenvalue weighted by atomic mass is 9.96. The normalized spacial score (nSPS) is 22.7. The Kier molecular flexibility index (Phi) is 3.55. The van der Waals surface area contributed by atoms with E-state index >= 15 is 0 Å². The Balaban J connectivity index is 1.96. The van der Waals surface area contributed by atoms with Crippen LogP contribution in [0.4, 0.5) is 4.39 Å². The van der Waals surface area contributed by atoms with Gasteiger partial charge in [0, 0.05) is 34.1 Å². The molecule has 1 aromatic heterocycles. The highest BCUT2D eigenvalue weighted by atomic mass is 79.9. The molecule has 4 nitrogen and oxygen atoms in total. The first-order chi connectivity index (χ1) is 11.2. The minimum atomic E-state index is -0.607. The first kappa shape index (κ1) is 16.1. The molecule has 0 amide bonds. The van der Waals surface area contributed by atoms with Gasteiger partial charge in [-0.3, -0.25) is 0 Å². The largest absolute Gasteiger partial charge is 0.456 e. The highest BCUT2D eigenvalue weighted by Crippen LogP contribution is 2.43. The van der Waals surface area contributed by atoms with Crippen molar-refractivity contribution in [3.63, 3.8) is 0 Å². The fraction of sp³-hybridized carbons (Fsp3) is 0.500. The number of aromatic amines is 1. The van der Waals surface area contributed by atoms with Crippen LogP contribution in [0.1, 0.15) is 61.3 Å². The summed E-state index contributed by atoms with van der Waals surface area (Å²) in [6.45, 7) is 5.49. The van der Waals surface area contributed by atoms with Crippen molar-refractivity contribution in [2.45, 2.75) is 57.7 Å². The molecule has 2 atom stereocenters. The van der Waals surface area contributed by atoms with E-state index in [0.717, 1.165) is 30.5 Å². The zero-order valence-electron chi connectivity index (χ0n) is 13.9. The monoisotopic (exact) mass is 394 g/mol. The molecule has 2 N–H and O–H groups in total. The van der Waals surface area contributed by atoms with Gasteiger partial charge in [-0.1, -0.05) is 0 Å². The summed E-state index contributed by atoms with van der Waals surface area (Å²) in [6, 6.07) is 1.95. The van der Waals surface area contributed by atoms with E-state index in [1.54, 1.807) is 0 Å². The number of esters is 1. The van der Waals surface area contributed by atoms with Crippen molar-refractivity contribution in [2.24, 2.45) is 0 Å². The molecule has 0 saturated carbocycles. The molecular weight excluding hydrogens is 375 g/mol. The van der Waals surface area contributed by atoms with Crippen LogP contribution < -0.4 is 5.32 Å². The summed E-state index contributed by atoms with van der Waals surface area (Å²) in [7, 11) is 0. The van der Waals surface area contributed by atoms with E-state index in [-0.39, 0.29) is 11.9 Å². The molecule has 2 aliphatic rings. The lowest BCUT2D eigenvalue weighted by Gasteiger charge is -2.23. The molecule has 1 fully saturated rings. The first-order valence-corrected chi connectivity index (χ1v) is 9.06. The highest BCUT2D eigenvalue weighted by molar-refractivity contribution is 9.10. The van der Waals surface area contributed by atoms with E-state index in [1.165, 1.54) is 6.07 Å². The summed E-state index contributed by atoms with van der Waals surface area (Å²) in [6.07, 6.45) is 2.95. The standard InChI is InChI=1S/C18H20BrFN2O2/c1-18(2,3)24-17(23)13-9(19)7-10(20)16-15(13)14-11-5-4-8(21-11)6-12(14)22-16/h7-8,11,21-22H,4-6H2,1-3H3. The molecule has 2 bridgehead atoms. The van der Waals surface area contributed by atoms with Crippen molar-refractivity contribution in [1.82, 2.24) is 10.3 Å². The quantitative estimate of drug-likeness (QED) is 0.705. The van der Waals surface area contributed by atoms with E-state index in [9.17, 15) is 9.18 Å². The Morgan fingerprint density at radius 1 is 1.38 bits per heavy atom. The highest BCUT2D eigenvalue weighted by Gasteiger charge is 2.37. The molecular formula is C18H20BrFN2O2. The maximum Gasteiger partial charge on any atom is 0.340 e. The third-order valence-corrected chi connectivity index (χ3v) is 5.37. The van der Waals surface area contributed by atoms with Crippen molar-refractivity contribution < 1.29 is 13.9 Å². The predicted octanol–water partition coefficient (Wildman–Crippen LogP) is 4.37. The van der Waals surface area contributed by atoms with Crippen LogP contribution in [0.3, 0.4) is 0 Å². The third-order valence-electron chi connectivity index (χ3n) is 4.74. The van der Waals surface area contributed by atoms with Crippen molar-refractivity contribution in [3.8, 4) is 0 Å². The molecule has 1 saturated heterocycles. The lowest BCUT2D eigenvalue weighted by molar-refractivity contribution is 0.00707. The molecule has 1 aromatic carbocycles. The number of rotatable bonds is 1. The summed E-state index contributed by atoms with van der Waals surface area (Å²) < 4.78 is 20.5. The number of H-pyrrole nitrogens is 1. The van der Waals surface area contributed by atoms with Crippen LogP contribution in [-0.2, 0) is 11.2 Å². The second-order valence-electron chi connectivity index (χ2n) is 7.68. The number of ether oxygens (including phenoxy) is 1. The topological polar surface area (TPSA) is 54.1 Å². The number of benzene rings is 1. The smallest absolute Gasteiger partial charge is 0.340 e. The molecule has 6 heteroatoms. The van der Waals surface area contributed by atoms with Crippen LogP contribution >= 0.6 is 15.9 Å². The average molecular weight is 395 g/mol. The van der Waals surface area contributed by atoms with Gasteiger partial charge in [-0.05, 0) is 61.2 Å². The minimum absolute atomic E-state index is 0.169. The van der Waals surface area contributed by atoms with Gasteiger partial charge in [-0.15, -0.1) is 0 Å². The third kappa shape index (κ3) is 2.47. The van der Waals surface area contributed by atoms with Gasteiger partial charge in [0.1, 0.15) is 11.4 Å². The van der Waals surface area contributed by atoms with Crippen molar-refractivity contribution in [3.05, 3.63) is 33.2 Å². The van der Waals surface area contributed by atoms with E-state index in [4.69, 9.17) is 4.74 Å². The number of halogens is 2. The van der Waals surface area contributed by atoms with Gasteiger partial charge in [-0.25, -0.2) is 9.18 Å². The maximum absolute atomic E-state index is 14.5. The summed E-state index contributed by atoms with van der Waals surface area (Å²) in [5.74, 6) is -0.782. The molecule has 24 heavy (non-hydrogen) atoms. The van der Waals surface area contributed by atoms with Crippen molar-refractivity contribution in [2.75, 3.05) is 0 Å². The Labute approximate surface area is 148 Å². The van der Waals surface area contributed by atoms with Gasteiger partial charge in [0.15, 0.2) is 0 Å². The Hall–Kier alpha value is -1.40. The Bertz CT molecular complexity index is 853. The van der Waals surface area contributed by atoms with Crippen LogP contribution in [0, 0.1) is 5.82 Å². The fourth-order valence-corrected chi connectivity index (χ4v) is 4.47. The van der Waals surface area contributed by atoms with E-state index in [1.807, 2.05) is 20.8 Å². The molecule has 128 valence electrons. The van der Waals surface area contributed by atoms with Gasteiger partial charge in [0.05, 0.1) is 11.1 Å². The van der Waals surface area contributed by atoms with E-state index in [2.05, 4.69) is 26.2 Å².